The van der Waals surface area contributed by atoms with Gasteiger partial charge < -0.3 is 14.7 Å². The Morgan fingerprint density at radius 3 is 2.16 bits per heavy atom. The number of hydrogen-bond donors (Lipinski definition) is 1. The van der Waals surface area contributed by atoms with E-state index in [9.17, 15) is 9.90 Å². The Hall–Kier alpha value is -2.79. The van der Waals surface area contributed by atoms with Crippen LogP contribution < -0.4 is 0 Å². The zero-order valence-electron chi connectivity index (χ0n) is 14.1. The van der Waals surface area contributed by atoms with E-state index in [0.717, 1.165) is 5.56 Å². The predicted octanol–water partition coefficient (Wildman–Crippen LogP) is 4.20. The minimum absolute atomic E-state index is 0.0656. The van der Waals surface area contributed by atoms with E-state index < -0.39 is 5.97 Å². The first kappa shape index (κ1) is 18.5. The van der Waals surface area contributed by atoms with Crippen molar-refractivity contribution in [1.82, 2.24) is 0 Å². The zero-order chi connectivity index (χ0) is 18.4. The second kappa shape index (κ2) is 8.35. The summed E-state index contributed by atoms with van der Waals surface area (Å²) in [7, 11) is 2.87. The van der Waals surface area contributed by atoms with E-state index in [0.29, 0.717) is 27.6 Å². The van der Waals surface area contributed by atoms with Crippen LogP contribution in [0.5, 0.6) is 0 Å². The van der Waals surface area contributed by atoms with Crippen LogP contribution in [0, 0.1) is 0 Å². The van der Waals surface area contributed by atoms with Gasteiger partial charge in [-0.15, -0.1) is 0 Å². The molecule has 2 rings (SSSR count). The lowest BCUT2D eigenvalue weighted by Crippen LogP contribution is -2.12. The number of hydrogen-bond acceptors (Lipinski definition) is 4. The average molecular weight is 360 g/mol. The molecule has 0 aliphatic rings. The Kier molecular flexibility index (Phi) is 6.19. The summed E-state index contributed by atoms with van der Waals surface area (Å²) >= 11 is 5.95. The quantitative estimate of drug-likeness (QED) is 0.363. The fourth-order valence-corrected chi connectivity index (χ4v) is 2.55. The van der Waals surface area contributed by atoms with Crippen molar-refractivity contribution < 1.29 is 19.5 Å². The van der Waals surface area contributed by atoms with Crippen LogP contribution in [-0.4, -0.2) is 31.0 Å². The monoisotopic (exact) mass is 359 g/mol. The van der Waals surface area contributed by atoms with Crippen LogP contribution in [0.25, 0.3) is 5.57 Å². The molecule has 0 fully saturated rings. The minimum atomic E-state index is -1.08. The molecule has 0 aliphatic carbocycles. The van der Waals surface area contributed by atoms with Crippen LogP contribution in [0.15, 0.2) is 59.4 Å². The van der Waals surface area contributed by atoms with E-state index >= 15 is 0 Å². The summed E-state index contributed by atoms with van der Waals surface area (Å²) in [6, 6.07) is 14.1. The number of oxime groups is 1. The maximum absolute atomic E-state index is 11.8. The molecule has 0 aromatic heterocycles. The first-order valence-electron chi connectivity index (χ1n) is 7.44. The van der Waals surface area contributed by atoms with Gasteiger partial charge in [0.1, 0.15) is 24.2 Å². The first-order valence-corrected chi connectivity index (χ1v) is 7.82. The lowest BCUT2D eigenvalue weighted by Gasteiger charge is -2.14. The van der Waals surface area contributed by atoms with Crippen molar-refractivity contribution in [1.29, 1.82) is 0 Å². The first-order chi connectivity index (χ1) is 12.0. The number of nitrogens with zero attached hydrogens (tertiary/aromatic N) is 1. The summed E-state index contributed by atoms with van der Waals surface area (Å²) in [6.45, 7) is 1.61. The molecular weight excluding hydrogens is 342 g/mol. The van der Waals surface area contributed by atoms with Crippen molar-refractivity contribution in [3.05, 3.63) is 76.0 Å². The maximum atomic E-state index is 11.8. The van der Waals surface area contributed by atoms with Gasteiger partial charge >= 0.3 is 5.97 Å². The predicted molar refractivity (Wildman–Crippen MR) is 97.8 cm³/mol. The second-order valence-electron chi connectivity index (χ2n) is 5.12. The van der Waals surface area contributed by atoms with E-state index in [1.807, 2.05) is 6.07 Å². The highest BCUT2D eigenvalue weighted by Gasteiger charge is 2.21. The normalized spacial score (nSPS) is 12.4. The Labute approximate surface area is 151 Å². The van der Waals surface area contributed by atoms with Crippen LogP contribution in [0.2, 0.25) is 5.02 Å². The summed E-state index contributed by atoms with van der Waals surface area (Å²) in [5.41, 5.74) is 2.41. The smallest absolute Gasteiger partial charge is 0.339 e. The molecule has 0 radical (unpaired) electrons. The summed E-state index contributed by atoms with van der Waals surface area (Å²) < 4.78 is 5.15. The number of allylic oxidation sites excluding steroid dienone is 1. The molecule has 0 atom stereocenters. The summed E-state index contributed by atoms with van der Waals surface area (Å²) in [4.78, 5) is 16.8. The number of rotatable bonds is 6. The minimum Gasteiger partial charge on any atom is -0.500 e. The number of ether oxygens (including phenoxy) is 1. The zero-order valence-corrected chi connectivity index (χ0v) is 14.9. The molecule has 0 bridgehead atoms. The molecule has 5 nitrogen and oxygen atoms in total. The van der Waals surface area contributed by atoms with Crippen molar-refractivity contribution in [2.45, 2.75) is 6.92 Å². The van der Waals surface area contributed by atoms with Gasteiger partial charge in [0.05, 0.1) is 7.11 Å². The summed E-state index contributed by atoms with van der Waals surface area (Å²) in [5.74, 6) is -0.785. The van der Waals surface area contributed by atoms with Crippen LogP contribution in [0.1, 0.15) is 23.6 Å². The van der Waals surface area contributed by atoms with E-state index in [4.69, 9.17) is 21.2 Å². The topological polar surface area (TPSA) is 68.1 Å². The molecule has 2 aromatic carbocycles. The highest BCUT2D eigenvalue weighted by atomic mass is 35.5. The molecule has 0 heterocycles. The highest BCUT2D eigenvalue weighted by Crippen LogP contribution is 2.26. The SMILES string of the molecule is CO/N=C(\c1ccc(Cl)cc1)c1ccccc1/C(C(=O)O)=C(/C)OC. The van der Waals surface area contributed by atoms with E-state index in [1.165, 1.54) is 14.2 Å². The lowest BCUT2D eigenvalue weighted by molar-refractivity contribution is -0.130. The van der Waals surface area contributed by atoms with Gasteiger partial charge in [-0.1, -0.05) is 53.2 Å². The molecule has 130 valence electrons. The van der Waals surface area contributed by atoms with Gasteiger partial charge in [-0.25, -0.2) is 4.79 Å². The average Bonchev–Trinajstić information content (AvgIpc) is 2.61. The van der Waals surface area contributed by atoms with Crippen LogP contribution in [-0.2, 0) is 14.4 Å². The molecular formula is C19H18ClNO4. The lowest BCUT2D eigenvalue weighted by atomic mass is 9.92. The Morgan fingerprint density at radius 1 is 1.04 bits per heavy atom. The third kappa shape index (κ3) is 4.19. The molecule has 0 unspecified atom stereocenters. The van der Waals surface area contributed by atoms with Crippen molar-refractivity contribution >= 4 is 28.9 Å². The molecule has 2 aromatic rings. The Bertz CT molecular complexity index is 826. The second-order valence-corrected chi connectivity index (χ2v) is 5.55. The molecule has 0 amide bonds. The number of methoxy groups -OCH3 is 1. The van der Waals surface area contributed by atoms with Crippen molar-refractivity contribution in [3.63, 3.8) is 0 Å². The number of benzene rings is 2. The molecule has 0 aliphatic heterocycles. The van der Waals surface area contributed by atoms with Gasteiger partial charge in [0.2, 0.25) is 0 Å². The van der Waals surface area contributed by atoms with Gasteiger partial charge in [-0.2, -0.15) is 0 Å². The van der Waals surface area contributed by atoms with Gasteiger partial charge in [0.15, 0.2) is 0 Å². The van der Waals surface area contributed by atoms with Gasteiger partial charge in [0.25, 0.3) is 0 Å². The highest BCUT2D eigenvalue weighted by molar-refractivity contribution is 6.30. The third-order valence-electron chi connectivity index (χ3n) is 3.62. The standard InChI is InChI=1S/C19H18ClNO4/c1-12(24-2)17(19(22)23)15-6-4-5-7-16(15)18(21-25-3)13-8-10-14(20)11-9-13/h4-11H,1-3H3,(H,22,23)/b17-12+,21-18+. The van der Waals surface area contributed by atoms with Crippen molar-refractivity contribution in [2.24, 2.45) is 5.16 Å². The molecule has 1 N–H and O–H groups in total. The fourth-order valence-electron chi connectivity index (χ4n) is 2.42. The van der Waals surface area contributed by atoms with Crippen LogP contribution in [0.3, 0.4) is 0 Å². The number of carboxylic acid groups (broad SMARTS) is 1. The molecule has 0 saturated carbocycles. The molecule has 6 heteroatoms. The Balaban J connectivity index is 2.71. The maximum Gasteiger partial charge on any atom is 0.339 e. The van der Waals surface area contributed by atoms with E-state index in [2.05, 4.69) is 5.16 Å². The van der Waals surface area contributed by atoms with Crippen LogP contribution >= 0.6 is 11.6 Å². The molecule has 25 heavy (non-hydrogen) atoms. The van der Waals surface area contributed by atoms with E-state index in [-0.39, 0.29) is 5.57 Å². The van der Waals surface area contributed by atoms with Crippen molar-refractivity contribution in [3.8, 4) is 0 Å². The Morgan fingerprint density at radius 2 is 1.64 bits per heavy atom. The molecule has 0 saturated heterocycles. The summed E-state index contributed by atoms with van der Waals surface area (Å²) in [5, 5.41) is 14.3. The number of halogens is 1. The van der Waals surface area contributed by atoms with Gasteiger partial charge in [-0.3, -0.25) is 0 Å². The molecule has 0 spiro atoms. The summed E-state index contributed by atoms with van der Waals surface area (Å²) in [6.07, 6.45) is 0. The largest absolute Gasteiger partial charge is 0.500 e. The van der Waals surface area contributed by atoms with E-state index in [1.54, 1.807) is 49.4 Å². The number of aliphatic carboxylic acids is 1. The number of carboxylic acids is 1. The van der Waals surface area contributed by atoms with Crippen molar-refractivity contribution in [2.75, 3.05) is 14.2 Å². The number of carbonyl (C=O) groups is 1. The van der Waals surface area contributed by atoms with Crippen LogP contribution in [0.4, 0.5) is 0 Å². The fraction of sp³-hybridized carbons (Fsp3) is 0.158. The van der Waals surface area contributed by atoms with Gasteiger partial charge in [0, 0.05) is 21.7 Å². The van der Waals surface area contributed by atoms with Gasteiger partial charge in [-0.05, 0) is 19.1 Å². The third-order valence-corrected chi connectivity index (χ3v) is 3.88.